The molecule has 22 heavy (non-hydrogen) atoms. The fourth-order valence-corrected chi connectivity index (χ4v) is 4.52. The molecule has 6 nitrogen and oxygen atoms in total. The second kappa shape index (κ2) is 6.47. The minimum atomic E-state index is -3.21. The highest BCUT2D eigenvalue weighted by Crippen LogP contribution is 2.24. The highest BCUT2D eigenvalue weighted by atomic mass is 32.2. The van der Waals surface area contributed by atoms with Crippen molar-refractivity contribution in [2.24, 2.45) is 5.92 Å². The number of nitrogens with one attached hydrogen (secondary N) is 1. The van der Waals surface area contributed by atoms with E-state index in [1.807, 2.05) is 11.6 Å². The van der Waals surface area contributed by atoms with Gasteiger partial charge in [0.25, 0.3) is 0 Å². The predicted molar refractivity (Wildman–Crippen MR) is 85.5 cm³/mol. The third-order valence-corrected chi connectivity index (χ3v) is 5.93. The molecule has 1 atom stereocenters. The van der Waals surface area contributed by atoms with Crippen LogP contribution >= 0.6 is 11.3 Å². The first-order valence-corrected chi connectivity index (χ1v) is 10.1. The number of thiazole rings is 1. The SMILES string of the molecule is CS(=O)(=O)c1cn[nH]c1C[C@@H]1CCCN(Cc2nccs2)C1. The van der Waals surface area contributed by atoms with E-state index >= 15 is 0 Å². The van der Waals surface area contributed by atoms with E-state index in [0.29, 0.717) is 10.8 Å². The zero-order chi connectivity index (χ0) is 15.6. The van der Waals surface area contributed by atoms with Gasteiger partial charge in [0.2, 0.25) is 0 Å². The molecule has 0 bridgehead atoms. The number of aromatic nitrogens is 3. The van der Waals surface area contributed by atoms with Crippen LogP contribution in [-0.2, 0) is 22.8 Å². The molecule has 0 amide bonds. The summed E-state index contributed by atoms with van der Waals surface area (Å²) in [4.78, 5) is 7.08. The molecule has 1 N–H and O–H groups in total. The standard InChI is InChI=1S/C14H20N4O2S2/c1-22(19,20)13-8-16-17-12(13)7-11-3-2-5-18(9-11)10-14-15-4-6-21-14/h4,6,8,11H,2-3,5,7,9-10H2,1H3,(H,16,17)/t11-/m0/s1. The van der Waals surface area contributed by atoms with Crippen molar-refractivity contribution in [1.29, 1.82) is 0 Å². The summed E-state index contributed by atoms with van der Waals surface area (Å²) in [5, 5.41) is 9.91. The number of H-pyrrole nitrogens is 1. The Morgan fingerprint density at radius 3 is 3.09 bits per heavy atom. The van der Waals surface area contributed by atoms with Gasteiger partial charge in [-0.05, 0) is 31.7 Å². The number of hydrogen-bond donors (Lipinski definition) is 1. The van der Waals surface area contributed by atoms with Crippen LogP contribution in [0, 0.1) is 5.92 Å². The molecule has 0 unspecified atom stereocenters. The molecule has 0 spiro atoms. The van der Waals surface area contributed by atoms with E-state index in [1.165, 1.54) is 12.5 Å². The summed E-state index contributed by atoms with van der Waals surface area (Å²) in [5.74, 6) is 0.453. The molecule has 120 valence electrons. The third-order valence-electron chi connectivity index (χ3n) is 4.02. The zero-order valence-corrected chi connectivity index (χ0v) is 14.2. The van der Waals surface area contributed by atoms with Crippen molar-refractivity contribution in [3.63, 3.8) is 0 Å². The predicted octanol–water partition coefficient (Wildman–Crippen LogP) is 1.72. The Balaban J connectivity index is 1.64. The molecule has 1 fully saturated rings. The van der Waals surface area contributed by atoms with E-state index in [0.717, 1.165) is 49.6 Å². The molecule has 0 aliphatic carbocycles. The third kappa shape index (κ3) is 3.74. The topological polar surface area (TPSA) is 79.0 Å². The number of rotatable bonds is 5. The van der Waals surface area contributed by atoms with E-state index < -0.39 is 9.84 Å². The quantitative estimate of drug-likeness (QED) is 0.897. The first-order valence-electron chi connectivity index (χ1n) is 7.35. The Hall–Kier alpha value is -1.25. The van der Waals surface area contributed by atoms with Crippen LogP contribution in [0.25, 0.3) is 0 Å². The Morgan fingerprint density at radius 2 is 2.36 bits per heavy atom. The zero-order valence-electron chi connectivity index (χ0n) is 12.5. The molecule has 0 radical (unpaired) electrons. The van der Waals surface area contributed by atoms with Crippen LogP contribution in [0.5, 0.6) is 0 Å². The van der Waals surface area contributed by atoms with Gasteiger partial charge in [0.1, 0.15) is 9.90 Å². The van der Waals surface area contributed by atoms with Gasteiger partial charge < -0.3 is 0 Å². The second-order valence-electron chi connectivity index (χ2n) is 5.86. The summed E-state index contributed by atoms with van der Waals surface area (Å²) in [7, 11) is -3.21. The first-order chi connectivity index (χ1) is 10.5. The Morgan fingerprint density at radius 1 is 1.50 bits per heavy atom. The van der Waals surface area contributed by atoms with Crippen molar-refractivity contribution < 1.29 is 8.42 Å². The van der Waals surface area contributed by atoms with Crippen LogP contribution in [0.4, 0.5) is 0 Å². The van der Waals surface area contributed by atoms with Gasteiger partial charge >= 0.3 is 0 Å². The lowest BCUT2D eigenvalue weighted by molar-refractivity contribution is 0.166. The Labute approximate surface area is 134 Å². The maximum Gasteiger partial charge on any atom is 0.178 e. The summed E-state index contributed by atoms with van der Waals surface area (Å²) in [6, 6.07) is 0. The molecule has 1 saturated heterocycles. The largest absolute Gasteiger partial charge is 0.296 e. The van der Waals surface area contributed by atoms with E-state index in [1.54, 1.807) is 11.3 Å². The van der Waals surface area contributed by atoms with Gasteiger partial charge in [-0.1, -0.05) is 0 Å². The van der Waals surface area contributed by atoms with Crippen molar-refractivity contribution in [3.05, 3.63) is 28.5 Å². The van der Waals surface area contributed by atoms with Gasteiger partial charge in [-0.2, -0.15) is 5.10 Å². The van der Waals surface area contributed by atoms with Crippen LogP contribution in [0.3, 0.4) is 0 Å². The summed E-state index contributed by atoms with van der Waals surface area (Å²) in [6.07, 6.45) is 7.48. The highest BCUT2D eigenvalue weighted by Gasteiger charge is 2.24. The summed E-state index contributed by atoms with van der Waals surface area (Å²) in [6.45, 7) is 2.94. The Kier molecular flexibility index (Phi) is 4.60. The van der Waals surface area contributed by atoms with E-state index in [4.69, 9.17) is 0 Å². The monoisotopic (exact) mass is 340 g/mol. The summed E-state index contributed by atoms with van der Waals surface area (Å²) >= 11 is 1.68. The molecule has 3 rings (SSSR count). The molecule has 0 saturated carbocycles. The van der Waals surface area contributed by atoms with Crippen LogP contribution < -0.4 is 0 Å². The van der Waals surface area contributed by atoms with Gasteiger partial charge in [0, 0.05) is 24.4 Å². The van der Waals surface area contributed by atoms with Crippen LogP contribution in [0.15, 0.2) is 22.7 Å². The van der Waals surface area contributed by atoms with E-state index in [9.17, 15) is 8.42 Å². The molecule has 1 aliphatic rings. The highest BCUT2D eigenvalue weighted by molar-refractivity contribution is 7.90. The fraction of sp³-hybridized carbons (Fsp3) is 0.571. The van der Waals surface area contributed by atoms with Crippen molar-refractivity contribution in [2.75, 3.05) is 19.3 Å². The first kappa shape index (κ1) is 15.6. The molecule has 2 aromatic heterocycles. The van der Waals surface area contributed by atoms with Gasteiger partial charge in [0.05, 0.1) is 18.4 Å². The number of sulfone groups is 1. The van der Waals surface area contributed by atoms with Crippen LogP contribution in [0.2, 0.25) is 0 Å². The smallest absolute Gasteiger partial charge is 0.178 e. The van der Waals surface area contributed by atoms with Gasteiger partial charge in [0.15, 0.2) is 9.84 Å². The normalized spacial score (nSPS) is 20.3. The maximum atomic E-state index is 11.8. The minimum Gasteiger partial charge on any atom is -0.296 e. The maximum absolute atomic E-state index is 11.8. The second-order valence-corrected chi connectivity index (χ2v) is 8.82. The van der Waals surface area contributed by atoms with Crippen molar-refractivity contribution in [3.8, 4) is 0 Å². The van der Waals surface area contributed by atoms with Crippen LogP contribution in [-0.4, -0.2) is 47.8 Å². The Bertz CT molecular complexity index is 709. The van der Waals surface area contributed by atoms with Gasteiger partial charge in [-0.25, -0.2) is 13.4 Å². The number of hydrogen-bond acceptors (Lipinski definition) is 6. The molecule has 3 heterocycles. The molecule has 8 heteroatoms. The average Bonchev–Trinajstić information content (AvgIpc) is 3.10. The molecular formula is C14H20N4O2S2. The van der Waals surface area contributed by atoms with Gasteiger partial charge in [-0.3, -0.25) is 10.00 Å². The number of nitrogens with zero attached hydrogens (tertiary/aromatic N) is 3. The lowest BCUT2D eigenvalue weighted by Crippen LogP contribution is -2.35. The van der Waals surface area contributed by atoms with Crippen LogP contribution in [0.1, 0.15) is 23.5 Å². The lowest BCUT2D eigenvalue weighted by Gasteiger charge is -2.32. The molecular weight excluding hydrogens is 320 g/mol. The van der Waals surface area contributed by atoms with E-state index in [2.05, 4.69) is 20.1 Å². The average molecular weight is 340 g/mol. The van der Waals surface area contributed by atoms with Crippen molar-refractivity contribution in [1.82, 2.24) is 20.1 Å². The summed E-state index contributed by atoms with van der Waals surface area (Å²) < 4.78 is 23.5. The number of likely N-dealkylation sites (tertiary alicyclic amines) is 1. The lowest BCUT2D eigenvalue weighted by atomic mass is 9.93. The van der Waals surface area contributed by atoms with Crippen molar-refractivity contribution >= 4 is 21.2 Å². The molecule has 2 aromatic rings. The van der Waals surface area contributed by atoms with Crippen molar-refractivity contribution in [2.45, 2.75) is 30.7 Å². The van der Waals surface area contributed by atoms with E-state index in [-0.39, 0.29) is 0 Å². The molecule has 0 aromatic carbocycles. The minimum absolute atomic E-state index is 0.338. The number of piperidine rings is 1. The number of aromatic amines is 1. The van der Waals surface area contributed by atoms with Gasteiger partial charge in [-0.15, -0.1) is 11.3 Å². The molecule has 1 aliphatic heterocycles. The summed E-state index contributed by atoms with van der Waals surface area (Å²) in [5.41, 5.74) is 0.739. The fourth-order valence-electron chi connectivity index (χ4n) is 3.04.